The molecule has 1 amide bonds. The second kappa shape index (κ2) is 6.48. The van der Waals surface area contributed by atoms with Crippen LogP contribution in [0.15, 0.2) is 0 Å². The lowest BCUT2D eigenvalue weighted by Gasteiger charge is -2.39. The molecule has 8 nitrogen and oxygen atoms in total. The van der Waals surface area contributed by atoms with Crippen LogP contribution in [-0.2, 0) is 28.6 Å². The summed E-state index contributed by atoms with van der Waals surface area (Å²) in [6.45, 7) is 3.56. The number of aliphatic hydroxyl groups excluding tert-OH is 1. The maximum absolute atomic E-state index is 11.1. The van der Waals surface area contributed by atoms with E-state index < -0.39 is 36.5 Å². The maximum atomic E-state index is 11.1. The summed E-state index contributed by atoms with van der Waals surface area (Å²) in [7, 11) is 0. The summed E-state index contributed by atoms with van der Waals surface area (Å²) >= 11 is 0. The number of aliphatic hydroxyl groups is 1. The monoisotopic (exact) mass is 275 g/mol. The average molecular weight is 275 g/mol. The quantitative estimate of drug-likeness (QED) is 0.616. The minimum atomic E-state index is -1.42. The molecule has 8 heteroatoms. The predicted octanol–water partition coefficient (Wildman–Crippen LogP) is -1.30. The van der Waals surface area contributed by atoms with E-state index >= 15 is 0 Å². The number of amides is 1. The minimum absolute atomic E-state index is 0.0591. The molecule has 19 heavy (non-hydrogen) atoms. The van der Waals surface area contributed by atoms with Gasteiger partial charge < -0.3 is 24.6 Å². The Kier molecular flexibility index (Phi) is 5.25. The van der Waals surface area contributed by atoms with Gasteiger partial charge in [-0.1, -0.05) is 0 Å². The van der Waals surface area contributed by atoms with Gasteiger partial charge in [-0.05, 0) is 0 Å². The van der Waals surface area contributed by atoms with Crippen molar-refractivity contribution in [1.82, 2.24) is 5.32 Å². The van der Waals surface area contributed by atoms with Crippen molar-refractivity contribution in [1.29, 1.82) is 0 Å². The third-order valence-electron chi connectivity index (χ3n) is 2.44. The van der Waals surface area contributed by atoms with Gasteiger partial charge in [0.05, 0.1) is 12.6 Å². The van der Waals surface area contributed by atoms with Crippen LogP contribution >= 0.6 is 0 Å². The zero-order valence-electron chi connectivity index (χ0n) is 10.9. The number of ether oxygens (including phenoxy) is 3. The summed E-state index contributed by atoms with van der Waals surface area (Å²) < 4.78 is 14.9. The molecule has 1 saturated heterocycles. The Morgan fingerprint density at radius 2 is 1.63 bits per heavy atom. The summed E-state index contributed by atoms with van der Waals surface area (Å²) in [5, 5.41) is 12.2. The van der Waals surface area contributed by atoms with Crippen LogP contribution in [0, 0.1) is 0 Å². The Bertz CT molecular complexity index is 370. The fraction of sp³-hybridized carbons (Fsp3) is 0.727. The standard InChI is InChI=1S/C11H17NO7/c1-5(13)12-8-4-17-11(16)10(19-7(3)15)9(8)18-6(2)14/h8-11,16H,4H2,1-3H3,(H,12,13)/t8-,9+,10+,11-/m0/s1. The van der Waals surface area contributed by atoms with Crippen LogP contribution in [0.5, 0.6) is 0 Å². The van der Waals surface area contributed by atoms with Crippen molar-refractivity contribution in [2.75, 3.05) is 6.61 Å². The van der Waals surface area contributed by atoms with Crippen LogP contribution in [0.1, 0.15) is 20.8 Å². The summed E-state index contributed by atoms with van der Waals surface area (Å²) in [5.41, 5.74) is 0. The van der Waals surface area contributed by atoms with E-state index in [-0.39, 0.29) is 12.5 Å². The Morgan fingerprint density at radius 3 is 2.11 bits per heavy atom. The van der Waals surface area contributed by atoms with Gasteiger partial charge in [-0.15, -0.1) is 0 Å². The number of esters is 2. The van der Waals surface area contributed by atoms with Gasteiger partial charge in [0, 0.05) is 20.8 Å². The van der Waals surface area contributed by atoms with Crippen molar-refractivity contribution in [3.8, 4) is 0 Å². The molecular weight excluding hydrogens is 258 g/mol. The van der Waals surface area contributed by atoms with E-state index in [0.29, 0.717) is 0 Å². The molecule has 0 aromatic heterocycles. The van der Waals surface area contributed by atoms with Crippen molar-refractivity contribution < 1.29 is 33.7 Å². The molecule has 0 aromatic rings. The first-order valence-corrected chi connectivity index (χ1v) is 5.72. The van der Waals surface area contributed by atoms with Gasteiger partial charge in [-0.25, -0.2) is 0 Å². The maximum Gasteiger partial charge on any atom is 0.303 e. The lowest BCUT2D eigenvalue weighted by Crippen LogP contribution is -2.61. The molecule has 1 rings (SSSR count). The normalized spacial score (nSPS) is 30.3. The molecule has 4 atom stereocenters. The van der Waals surface area contributed by atoms with Crippen LogP contribution in [-0.4, -0.2) is 54.1 Å². The molecule has 0 aliphatic carbocycles. The molecule has 0 radical (unpaired) electrons. The Morgan fingerprint density at radius 1 is 1.11 bits per heavy atom. The largest absolute Gasteiger partial charge is 0.456 e. The second-order valence-corrected chi connectivity index (χ2v) is 4.18. The van der Waals surface area contributed by atoms with Gasteiger partial charge in [0.2, 0.25) is 5.91 Å². The molecule has 0 spiro atoms. The molecule has 0 aromatic carbocycles. The Balaban J connectivity index is 2.89. The molecule has 1 aliphatic rings. The van der Waals surface area contributed by atoms with E-state index in [0.717, 1.165) is 6.92 Å². The van der Waals surface area contributed by atoms with Crippen molar-refractivity contribution in [2.24, 2.45) is 0 Å². The lowest BCUT2D eigenvalue weighted by atomic mass is 10.0. The summed E-state index contributed by atoms with van der Waals surface area (Å²) in [5.74, 6) is -1.64. The molecular formula is C11H17NO7. The molecule has 0 unspecified atom stereocenters. The number of nitrogens with one attached hydrogen (secondary N) is 1. The third-order valence-corrected chi connectivity index (χ3v) is 2.44. The van der Waals surface area contributed by atoms with Crippen molar-refractivity contribution >= 4 is 17.8 Å². The van der Waals surface area contributed by atoms with Crippen LogP contribution in [0.3, 0.4) is 0 Å². The van der Waals surface area contributed by atoms with Crippen LogP contribution in [0.4, 0.5) is 0 Å². The molecule has 108 valence electrons. The van der Waals surface area contributed by atoms with E-state index in [1.165, 1.54) is 13.8 Å². The number of rotatable bonds is 3. The van der Waals surface area contributed by atoms with Crippen molar-refractivity contribution in [3.05, 3.63) is 0 Å². The molecule has 2 N–H and O–H groups in total. The molecule has 1 heterocycles. The molecule has 1 fully saturated rings. The molecule has 0 saturated carbocycles. The number of carbonyl (C=O) groups excluding carboxylic acids is 3. The zero-order valence-corrected chi connectivity index (χ0v) is 10.9. The first-order chi connectivity index (χ1) is 8.81. The SMILES string of the molecule is CC(=O)N[C@H]1CO[C@H](O)[C@H](OC(C)=O)[C@@H]1OC(C)=O. The molecule has 1 aliphatic heterocycles. The fourth-order valence-corrected chi connectivity index (χ4v) is 1.83. The van der Waals surface area contributed by atoms with Gasteiger partial charge >= 0.3 is 11.9 Å². The minimum Gasteiger partial charge on any atom is -0.456 e. The summed E-state index contributed by atoms with van der Waals surface area (Å²) in [6.07, 6.45) is -3.61. The van der Waals surface area contributed by atoms with Crippen LogP contribution in [0.2, 0.25) is 0 Å². The third kappa shape index (κ3) is 4.49. The first-order valence-electron chi connectivity index (χ1n) is 5.72. The van der Waals surface area contributed by atoms with Crippen LogP contribution < -0.4 is 5.32 Å². The van der Waals surface area contributed by atoms with Gasteiger partial charge in [0.15, 0.2) is 18.5 Å². The topological polar surface area (TPSA) is 111 Å². The van der Waals surface area contributed by atoms with Gasteiger partial charge in [0.1, 0.15) is 0 Å². The highest BCUT2D eigenvalue weighted by atomic mass is 16.7. The lowest BCUT2D eigenvalue weighted by molar-refractivity contribution is -0.245. The summed E-state index contributed by atoms with van der Waals surface area (Å²) in [6, 6.07) is -0.700. The van der Waals surface area contributed by atoms with E-state index in [2.05, 4.69) is 5.32 Å². The van der Waals surface area contributed by atoms with Crippen molar-refractivity contribution in [2.45, 2.75) is 45.3 Å². The molecule has 0 bridgehead atoms. The predicted molar refractivity (Wildman–Crippen MR) is 60.7 cm³/mol. The smallest absolute Gasteiger partial charge is 0.303 e. The van der Waals surface area contributed by atoms with Crippen LogP contribution in [0.25, 0.3) is 0 Å². The highest BCUT2D eigenvalue weighted by molar-refractivity contribution is 5.73. The summed E-state index contributed by atoms with van der Waals surface area (Å²) in [4.78, 5) is 33.2. The highest BCUT2D eigenvalue weighted by Gasteiger charge is 2.44. The highest BCUT2D eigenvalue weighted by Crippen LogP contribution is 2.20. The first kappa shape index (κ1) is 15.4. The number of hydrogen-bond donors (Lipinski definition) is 2. The van der Waals surface area contributed by atoms with E-state index in [1.807, 2.05) is 0 Å². The van der Waals surface area contributed by atoms with Gasteiger partial charge in [-0.3, -0.25) is 14.4 Å². The average Bonchev–Trinajstić information content (AvgIpc) is 2.25. The van der Waals surface area contributed by atoms with E-state index in [4.69, 9.17) is 14.2 Å². The Labute approximate surface area is 110 Å². The number of carbonyl (C=O) groups is 3. The zero-order chi connectivity index (χ0) is 14.6. The second-order valence-electron chi connectivity index (χ2n) is 4.18. The fourth-order valence-electron chi connectivity index (χ4n) is 1.83. The Hall–Kier alpha value is -1.67. The van der Waals surface area contributed by atoms with E-state index in [1.54, 1.807) is 0 Å². The van der Waals surface area contributed by atoms with Gasteiger partial charge in [0.25, 0.3) is 0 Å². The number of hydrogen-bond acceptors (Lipinski definition) is 7. The van der Waals surface area contributed by atoms with Crippen molar-refractivity contribution in [3.63, 3.8) is 0 Å². The van der Waals surface area contributed by atoms with Gasteiger partial charge in [-0.2, -0.15) is 0 Å². The van der Waals surface area contributed by atoms with E-state index in [9.17, 15) is 19.5 Å².